The molecular weight excluding hydrogens is 272 g/mol. The number of esters is 1. The molecule has 0 bridgehead atoms. The zero-order valence-electron chi connectivity index (χ0n) is 11.5. The Hall–Kier alpha value is -2.82. The minimum Gasteiger partial charge on any atom is -0.462 e. The van der Waals surface area contributed by atoms with Gasteiger partial charge in [-0.3, -0.25) is 9.59 Å². The molecule has 0 radical (unpaired) electrons. The lowest BCUT2D eigenvalue weighted by molar-refractivity contribution is -0.131. The Morgan fingerprint density at radius 1 is 1.24 bits per heavy atom. The minimum absolute atomic E-state index is 0.180. The zero-order chi connectivity index (χ0) is 15.0. The average molecular weight is 284 g/mol. The van der Waals surface area contributed by atoms with Crippen LogP contribution in [0.2, 0.25) is 0 Å². The maximum Gasteiger partial charge on any atom is 0.308 e. The van der Waals surface area contributed by atoms with Crippen molar-refractivity contribution in [3.63, 3.8) is 0 Å². The van der Waals surface area contributed by atoms with Crippen molar-refractivity contribution in [1.82, 2.24) is 0 Å². The highest BCUT2D eigenvalue weighted by molar-refractivity contribution is 6.14. The lowest BCUT2D eigenvalue weighted by atomic mass is 10.1. The molecule has 0 saturated heterocycles. The van der Waals surface area contributed by atoms with E-state index >= 15 is 0 Å². The van der Waals surface area contributed by atoms with Gasteiger partial charge in [-0.15, -0.1) is 0 Å². The smallest absolute Gasteiger partial charge is 0.308 e. The molecule has 1 aliphatic heterocycles. The van der Waals surface area contributed by atoms with Crippen molar-refractivity contribution in [3.8, 4) is 11.5 Å². The summed E-state index contributed by atoms with van der Waals surface area (Å²) in [5.41, 5.74) is 0.431. The highest BCUT2D eigenvalue weighted by Crippen LogP contribution is 2.35. The Kier molecular flexibility index (Phi) is 3.10. The van der Waals surface area contributed by atoms with Crippen molar-refractivity contribution in [3.05, 3.63) is 53.2 Å². The molecule has 0 amide bonds. The summed E-state index contributed by atoms with van der Waals surface area (Å²) >= 11 is 0. The molecule has 1 aliphatic rings. The van der Waals surface area contributed by atoms with Gasteiger partial charge in [-0.25, -0.2) is 0 Å². The topological polar surface area (TPSA) is 65.7 Å². The van der Waals surface area contributed by atoms with E-state index in [1.807, 2.05) is 6.92 Å². The van der Waals surface area contributed by atoms with Crippen LogP contribution in [0.15, 0.2) is 40.5 Å². The summed E-state index contributed by atoms with van der Waals surface area (Å²) in [6.45, 7) is 3.13. The van der Waals surface area contributed by atoms with Gasteiger partial charge in [0, 0.05) is 19.1 Å². The van der Waals surface area contributed by atoms with Crippen LogP contribution in [0, 0.1) is 6.92 Å². The Balaban J connectivity index is 1.91. The van der Waals surface area contributed by atoms with Crippen molar-refractivity contribution < 1.29 is 23.5 Å². The lowest BCUT2D eigenvalue weighted by Crippen LogP contribution is -2.01. The van der Waals surface area contributed by atoms with Crippen molar-refractivity contribution in [2.24, 2.45) is 0 Å². The molecule has 5 heteroatoms. The van der Waals surface area contributed by atoms with Crippen LogP contribution in [0.1, 0.15) is 28.8 Å². The van der Waals surface area contributed by atoms with Crippen molar-refractivity contribution in [1.29, 1.82) is 0 Å². The quantitative estimate of drug-likeness (QED) is 0.481. The molecule has 2 aromatic rings. The predicted octanol–water partition coefficient (Wildman–Crippen LogP) is 3.13. The molecule has 1 aromatic heterocycles. The highest BCUT2D eigenvalue weighted by atomic mass is 16.5. The Morgan fingerprint density at radius 2 is 2.05 bits per heavy atom. The second-order valence-corrected chi connectivity index (χ2v) is 4.64. The summed E-state index contributed by atoms with van der Waals surface area (Å²) < 4.78 is 15.9. The fourth-order valence-corrected chi connectivity index (χ4v) is 2.06. The van der Waals surface area contributed by atoms with E-state index in [1.165, 1.54) is 13.0 Å². The molecule has 3 rings (SSSR count). The first-order chi connectivity index (χ1) is 10.0. The minimum atomic E-state index is -0.430. The number of ketones is 1. The molecule has 0 saturated carbocycles. The molecule has 21 heavy (non-hydrogen) atoms. The first-order valence-corrected chi connectivity index (χ1v) is 6.36. The van der Waals surface area contributed by atoms with E-state index in [4.69, 9.17) is 13.9 Å². The van der Waals surface area contributed by atoms with Gasteiger partial charge in [-0.2, -0.15) is 0 Å². The van der Waals surface area contributed by atoms with Crippen LogP contribution >= 0.6 is 0 Å². The maximum atomic E-state index is 12.2. The summed E-state index contributed by atoms with van der Waals surface area (Å²) in [5.74, 6) is 1.53. The number of rotatable bonds is 2. The lowest BCUT2D eigenvalue weighted by Gasteiger charge is -2.02. The van der Waals surface area contributed by atoms with Crippen molar-refractivity contribution in [2.75, 3.05) is 0 Å². The molecule has 0 spiro atoms. The van der Waals surface area contributed by atoms with Crippen LogP contribution in [0.25, 0.3) is 6.08 Å². The second-order valence-electron chi connectivity index (χ2n) is 4.64. The van der Waals surface area contributed by atoms with Gasteiger partial charge in [0.2, 0.25) is 5.78 Å². The van der Waals surface area contributed by atoms with Gasteiger partial charge in [-0.1, -0.05) is 0 Å². The molecule has 0 atom stereocenters. The number of benzene rings is 1. The third-order valence-corrected chi connectivity index (χ3v) is 2.94. The largest absolute Gasteiger partial charge is 0.462 e. The number of carbonyl (C=O) groups is 2. The average Bonchev–Trinajstić information content (AvgIpc) is 2.94. The van der Waals surface area contributed by atoms with Gasteiger partial charge < -0.3 is 13.9 Å². The van der Waals surface area contributed by atoms with E-state index in [0.29, 0.717) is 22.8 Å². The highest BCUT2D eigenvalue weighted by Gasteiger charge is 2.28. The Labute approximate surface area is 120 Å². The normalized spacial score (nSPS) is 15.0. The molecule has 1 aromatic carbocycles. The van der Waals surface area contributed by atoms with E-state index in [2.05, 4.69) is 0 Å². The summed E-state index contributed by atoms with van der Waals surface area (Å²) in [4.78, 5) is 23.1. The predicted molar refractivity (Wildman–Crippen MR) is 74.1 cm³/mol. The third kappa shape index (κ3) is 2.58. The van der Waals surface area contributed by atoms with Crippen LogP contribution in [-0.4, -0.2) is 11.8 Å². The monoisotopic (exact) mass is 284 g/mol. The van der Waals surface area contributed by atoms with Crippen molar-refractivity contribution >= 4 is 17.8 Å². The number of aryl methyl sites for hydroxylation is 1. The first-order valence-electron chi connectivity index (χ1n) is 6.36. The number of fused-ring (bicyclic) bond motifs is 1. The maximum absolute atomic E-state index is 12.2. The van der Waals surface area contributed by atoms with Gasteiger partial charge in [0.25, 0.3) is 0 Å². The van der Waals surface area contributed by atoms with Gasteiger partial charge in [0.15, 0.2) is 5.76 Å². The molecule has 0 N–H and O–H groups in total. The van der Waals surface area contributed by atoms with Crippen LogP contribution in [-0.2, 0) is 4.79 Å². The third-order valence-electron chi connectivity index (χ3n) is 2.94. The zero-order valence-corrected chi connectivity index (χ0v) is 11.5. The summed E-state index contributed by atoms with van der Waals surface area (Å²) in [6.07, 6.45) is 1.54. The van der Waals surface area contributed by atoms with E-state index in [0.717, 1.165) is 5.76 Å². The van der Waals surface area contributed by atoms with Crippen LogP contribution in [0.5, 0.6) is 11.5 Å². The van der Waals surface area contributed by atoms with Gasteiger partial charge in [0.1, 0.15) is 23.0 Å². The molecule has 106 valence electrons. The molecular formula is C16H12O5. The molecule has 0 aliphatic carbocycles. The van der Waals surface area contributed by atoms with E-state index in [-0.39, 0.29) is 11.5 Å². The second kappa shape index (κ2) is 4.94. The summed E-state index contributed by atoms with van der Waals surface area (Å²) in [6, 6.07) is 8.21. The Bertz CT molecular complexity index is 767. The van der Waals surface area contributed by atoms with Gasteiger partial charge in [-0.05, 0) is 31.2 Å². The Morgan fingerprint density at radius 3 is 2.71 bits per heavy atom. The fourth-order valence-electron chi connectivity index (χ4n) is 2.06. The summed E-state index contributed by atoms with van der Waals surface area (Å²) in [5, 5.41) is 0. The van der Waals surface area contributed by atoms with Gasteiger partial charge >= 0.3 is 5.97 Å². The summed E-state index contributed by atoms with van der Waals surface area (Å²) in [7, 11) is 0. The number of ether oxygens (including phenoxy) is 2. The van der Waals surface area contributed by atoms with Crippen LogP contribution < -0.4 is 9.47 Å². The number of hydrogen-bond donors (Lipinski definition) is 0. The molecule has 5 nitrogen and oxygen atoms in total. The number of furan rings is 1. The number of hydrogen-bond acceptors (Lipinski definition) is 5. The fraction of sp³-hybridized carbons (Fsp3) is 0.125. The number of allylic oxidation sites excluding steroid dienone is 1. The van der Waals surface area contributed by atoms with E-state index in [9.17, 15) is 9.59 Å². The standard InChI is InChI=1S/C16H12O5/c1-9-3-4-11(19-9)8-15-16(18)13-6-5-12(20-10(2)17)7-14(13)21-15/h3-8H,1-2H3. The molecule has 2 heterocycles. The number of carbonyl (C=O) groups excluding carboxylic acids is 2. The van der Waals surface area contributed by atoms with E-state index < -0.39 is 5.97 Å². The molecule has 0 fully saturated rings. The van der Waals surface area contributed by atoms with Crippen molar-refractivity contribution in [2.45, 2.75) is 13.8 Å². The SMILES string of the molecule is CC(=O)Oc1ccc2c(c1)OC(=Cc1ccc(C)o1)C2=O. The first kappa shape index (κ1) is 13.2. The van der Waals surface area contributed by atoms with Crippen LogP contribution in [0.4, 0.5) is 0 Å². The van der Waals surface area contributed by atoms with E-state index in [1.54, 1.807) is 30.3 Å². The van der Waals surface area contributed by atoms with Crippen LogP contribution in [0.3, 0.4) is 0 Å². The number of Topliss-reactive ketones (excluding diaryl/α,β-unsaturated/α-hetero) is 1. The molecule has 0 unspecified atom stereocenters. The van der Waals surface area contributed by atoms with Gasteiger partial charge in [0.05, 0.1) is 5.56 Å².